The van der Waals surface area contributed by atoms with E-state index in [1.807, 2.05) is 0 Å². The number of imide groups is 1. The lowest BCUT2D eigenvalue weighted by Gasteiger charge is -2.13. The monoisotopic (exact) mass is 240 g/mol. The van der Waals surface area contributed by atoms with Gasteiger partial charge in [0.05, 0.1) is 6.61 Å². The van der Waals surface area contributed by atoms with Crippen molar-refractivity contribution in [1.29, 1.82) is 0 Å². The van der Waals surface area contributed by atoms with Crippen molar-refractivity contribution in [2.75, 3.05) is 19.7 Å². The maximum Gasteiger partial charge on any atom is 0.253 e. The van der Waals surface area contributed by atoms with Crippen molar-refractivity contribution in [2.45, 2.75) is 32.6 Å². The number of unbranched alkanes of at least 4 members (excludes halogenated alkanes) is 2. The van der Waals surface area contributed by atoms with Crippen molar-refractivity contribution in [2.24, 2.45) is 0 Å². The number of carbonyl (C=O) groups excluding carboxylic acids is 2. The Kier molecular flexibility index (Phi) is 6.50. The quantitative estimate of drug-likeness (QED) is 0.371. The first-order valence-electron chi connectivity index (χ1n) is 6.14. The number of hydroxylamine groups is 1. The van der Waals surface area contributed by atoms with E-state index in [1.54, 1.807) is 0 Å². The molecule has 1 rings (SSSR count). The smallest absolute Gasteiger partial charge is 0.253 e. The third kappa shape index (κ3) is 5.10. The zero-order chi connectivity index (χ0) is 12.5. The summed E-state index contributed by atoms with van der Waals surface area (Å²) in [5.41, 5.74) is 2.86. The molecule has 1 heterocycles. The molecule has 0 radical (unpaired) electrons. The van der Waals surface area contributed by atoms with Gasteiger partial charge >= 0.3 is 0 Å². The van der Waals surface area contributed by atoms with Crippen LogP contribution in [-0.2, 0) is 14.4 Å². The fourth-order valence-electron chi connectivity index (χ4n) is 1.54. The Hall–Kier alpha value is -1.20. The molecule has 1 aliphatic heterocycles. The Morgan fingerprint density at radius 2 is 1.88 bits per heavy atom. The maximum absolute atomic E-state index is 11.2. The summed E-state index contributed by atoms with van der Waals surface area (Å²) < 4.78 is 0. The first-order valence-corrected chi connectivity index (χ1v) is 6.14. The van der Waals surface area contributed by atoms with E-state index in [4.69, 9.17) is 4.84 Å². The van der Waals surface area contributed by atoms with Gasteiger partial charge in [-0.2, -0.15) is 0 Å². The Bertz CT molecular complexity index is 271. The van der Waals surface area contributed by atoms with Crippen LogP contribution in [0.3, 0.4) is 0 Å². The van der Waals surface area contributed by atoms with Crippen LogP contribution in [0.25, 0.3) is 0 Å². The zero-order valence-electron chi connectivity index (χ0n) is 10.3. The average Bonchev–Trinajstić information content (AvgIpc) is 2.63. The highest BCUT2D eigenvalue weighted by molar-refractivity contribution is 6.12. The predicted octanol–water partition coefficient (Wildman–Crippen LogP) is 1.01. The molecule has 0 spiro atoms. The summed E-state index contributed by atoms with van der Waals surface area (Å²) in [5.74, 6) is -0.461. The Morgan fingerprint density at radius 3 is 2.53 bits per heavy atom. The normalized spacial score (nSPS) is 15.0. The number of hydrogen-bond donors (Lipinski definition) is 1. The summed E-state index contributed by atoms with van der Waals surface area (Å²) in [6.45, 7) is 3.92. The van der Waals surface area contributed by atoms with E-state index in [0.29, 0.717) is 19.6 Å². The first kappa shape index (κ1) is 13.9. The summed E-state index contributed by atoms with van der Waals surface area (Å²) in [6, 6.07) is 0. The van der Waals surface area contributed by atoms with Crippen LogP contribution in [0.1, 0.15) is 32.6 Å². The standard InChI is InChI=1S/C12H20N2O3/c1-2-3-4-8-13-17-10-5-9-14-11(15)6-7-12(14)16/h6-7,13H,2-5,8-10H2,1H3. The van der Waals surface area contributed by atoms with Crippen LogP contribution in [-0.4, -0.2) is 36.4 Å². The van der Waals surface area contributed by atoms with Crippen LogP contribution >= 0.6 is 0 Å². The van der Waals surface area contributed by atoms with Crippen LogP contribution in [0.15, 0.2) is 12.2 Å². The van der Waals surface area contributed by atoms with E-state index < -0.39 is 0 Å². The van der Waals surface area contributed by atoms with E-state index in [-0.39, 0.29) is 11.8 Å². The minimum Gasteiger partial charge on any atom is -0.302 e. The zero-order valence-corrected chi connectivity index (χ0v) is 10.3. The van der Waals surface area contributed by atoms with Crippen molar-refractivity contribution in [3.8, 4) is 0 Å². The van der Waals surface area contributed by atoms with Gasteiger partial charge in [-0.3, -0.25) is 14.5 Å². The lowest BCUT2D eigenvalue weighted by molar-refractivity contribution is -0.137. The summed E-state index contributed by atoms with van der Waals surface area (Å²) in [6.07, 6.45) is 6.73. The summed E-state index contributed by atoms with van der Waals surface area (Å²) in [5, 5.41) is 0. The molecule has 0 bridgehead atoms. The second kappa shape index (κ2) is 7.97. The summed E-state index contributed by atoms with van der Waals surface area (Å²) in [4.78, 5) is 28.8. The van der Waals surface area contributed by atoms with Crippen molar-refractivity contribution >= 4 is 11.8 Å². The molecule has 0 saturated heterocycles. The van der Waals surface area contributed by atoms with Crippen LogP contribution < -0.4 is 5.48 Å². The Balaban J connectivity index is 1.94. The van der Waals surface area contributed by atoms with Crippen LogP contribution in [0.4, 0.5) is 0 Å². The molecule has 0 atom stereocenters. The molecule has 0 aliphatic carbocycles. The average molecular weight is 240 g/mol. The summed E-state index contributed by atoms with van der Waals surface area (Å²) >= 11 is 0. The van der Waals surface area contributed by atoms with Gasteiger partial charge in [-0.25, -0.2) is 5.48 Å². The second-order valence-electron chi connectivity index (χ2n) is 3.96. The third-order valence-electron chi connectivity index (χ3n) is 2.51. The molecule has 0 aromatic heterocycles. The predicted molar refractivity (Wildman–Crippen MR) is 64.0 cm³/mol. The molecule has 0 aromatic carbocycles. The van der Waals surface area contributed by atoms with Crippen LogP contribution in [0, 0.1) is 0 Å². The van der Waals surface area contributed by atoms with Gasteiger partial charge in [0.15, 0.2) is 0 Å². The number of hydrogen-bond acceptors (Lipinski definition) is 4. The minimum absolute atomic E-state index is 0.231. The first-order chi connectivity index (χ1) is 8.25. The number of amides is 2. The van der Waals surface area contributed by atoms with Crippen LogP contribution in [0.5, 0.6) is 0 Å². The topological polar surface area (TPSA) is 58.6 Å². The Labute approximate surface area is 102 Å². The molecule has 0 unspecified atom stereocenters. The molecule has 0 aromatic rings. The highest BCUT2D eigenvalue weighted by atomic mass is 16.6. The molecular formula is C12H20N2O3. The SMILES string of the molecule is CCCCCNOCCCN1C(=O)C=CC1=O. The molecule has 96 valence electrons. The fraction of sp³-hybridized carbons (Fsp3) is 0.667. The number of nitrogens with one attached hydrogen (secondary N) is 1. The van der Waals surface area contributed by atoms with Gasteiger partial charge in [0, 0.05) is 25.2 Å². The molecule has 0 saturated carbocycles. The summed E-state index contributed by atoms with van der Waals surface area (Å²) in [7, 11) is 0. The molecule has 1 aliphatic rings. The van der Waals surface area contributed by atoms with Crippen molar-refractivity contribution in [3.63, 3.8) is 0 Å². The van der Waals surface area contributed by atoms with E-state index in [9.17, 15) is 9.59 Å². The van der Waals surface area contributed by atoms with E-state index in [0.717, 1.165) is 13.0 Å². The van der Waals surface area contributed by atoms with Gasteiger partial charge in [0.1, 0.15) is 0 Å². The minimum atomic E-state index is -0.231. The molecule has 1 N–H and O–H groups in total. The van der Waals surface area contributed by atoms with Crippen molar-refractivity contribution in [3.05, 3.63) is 12.2 Å². The number of rotatable bonds is 9. The van der Waals surface area contributed by atoms with Crippen molar-refractivity contribution < 1.29 is 14.4 Å². The van der Waals surface area contributed by atoms with Gasteiger partial charge < -0.3 is 4.84 Å². The number of carbonyl (C=O) groups is 2. The third-order valence-corrected chi connectivity index (χ3v) is 2.51. The van der Waals surface area contributed by atoms with Gasteiger partial charge in [-0.15, -0.1) is 0 Å². The number of nitrogens with zero attached hydrogens (tertiary/aromatic N) is 1. The van der Waals surface area contributed by atoms with Crippen LogP contribution in [0.2, 0.25) is 0 Å². The molecule has 0 fully saturated rings. The lowest BCUT2D eigenvalue weighted by Crippen LogP contribution is -2.32. The molecule has 5 nitrogen and oxygen atoms in total. The Morgan fingerprint density at radius 1 is 1.18 bits per heavy atom. The van der Waals surface area contributed by atoms with E-state index >= 15 is 0 Å². The highest BCUT2D eigenvalue weighted by Gasteiger charge is 2.22. The van der Waals surface area contributed by atoms with Crippen molar-refractivity contribution in [1.82, 2.24) is 10.4 Å². The second-order valence-corrected chi connectivity index (χ2v) is 3.96. The lowest BCUT2D eigenvalue weighted by atomic mass is 10.3. The molecule has 17 heavy (non-hydrogen) atoms. The van der Waals surface area contributed by atoms with E-state index in [2.05, 4.69) is 12.4 Å². The van der Waals surface area contributed by atoms with Gasteiger partial charge in [-0.1, -0.05) is 19.8 Å². The van der Waals surface area contributed by atoms with Gasteiger partial charge in [0.25, 0.3) is 11.8 Å². The molecule has 5 heteroatoms. The fourth-order valence-corrected chi connectivity index (χ4v) is 1.54. The van der Waals surface area contributed by atoms with Gasteiger partial charge in [-0.05, 0) is 12.8 Å². The molecular weight excluding hydrogens is 220 g/mol. The largest absolute Gasteiger partial charge is 0.302 e. The van der Waals surface area contributed by atoms with Gasteiger partial charge in [0.2, 0.25) is 0 Å². The molecule has 2 amide bonds. The highest BCUT2D eigenvalue weighted by Crippen LogP contribution is 2.03. The maximum atomic E-state index is 11.2. The van der Waals surface area contributed by atoms with E-state index in [1.165, 1.54) is 29.9 Å².